The quantitative estimate of drug-likeness (QED) is 0.784. The predicted octanol–water partition coefficient (Wildman–Crippen LogP) is 3.82. The SMILES string of the molecule is CCCCC1(S(=O)(=O)c2ccccc2)CC1CC. The second-order valence-corrected chi connectivity index (χ2v) is 7.59. The van der Waals surface area contributed by atoms with Gasteiger partial charge in [-0.15, -0.1) is 0 Å². The highest BCUT2D eigenvalue weighted by Crippen LogP contribution is 2.57. The van der Waals surface area contributed by atoms with Gasteiger partial charge in [-0.1, -0.05) is 51.3 Å². The molecule has 1 saturated carbocycles. The summed E-state index contributed by atoms with van der Waals surface area (Å²) in [7, 11) is -3.16. The third kappa shape index (κ3) is 2.09. The highest BCUT2D eigenvalue weighted by molar-refractivity contribution is 7.93. The van der Waals surface area contributed by atoms with Crippen LogP contribution in [0.1, 0.15) is 46.0 Å². The van der Waals surface area contributed by atoms with Gasteiger partial charge in [-0.2, -0.15) is 0 Å². The largest absolute Gasteiger partial charge is 0.223 e. The van der Waals surface area contributed by atoms with Crippen LogP contribution in [0.15, 0.2) is 35.2 Å². The minimum atomic E-state index is -3.16. The second-order valence-electron chi connectivity index (χ2n) is 5.29. The lowest BCUT2D eigenvalue weighted by Gasteiger charge is -2.18. The van der Waals surface area contributed by atoms with Crippen LogP contribution in [-0.2, 0) is 9.84 Å². The fourth-order valence-corrected chi connectivity index (χ4v) is 5.38. The molecule has 3 heteroatoms. The van der Waals surface area contributed by atoms with Crippen molar-refractivity contribution in [2.24, 2.45) is 5.92 Å². The number of rotatable bonds is 6. The highest BCUT2D eigenvalue weighted by atomic mass is 32.2. The van der Waals surface area contributed by atoms with Crippen LogP contribution in [0.2, 0.25) is 0 Å². The van der Waals surface area contributed by atoms with E-state index in [2.05, 4.69) is 13.8 Å². The van der Waals surface area contributed by atoms with E-state index in [4.69, 9.17) is 0 Å². The first-order valence-corrected chi connectivity index (χ1v) is 8.36. The average Bonchev–Trinajstić information content (AvgIpc) is 3.13. The Balaban J connectivity index is 2.33. The van der Waals surface area contributed by atoms with E-state index in [1.165, 1.54) is 0 Å². The third-order valence-electron chi connectivity index (χ3n) is 4.21. The standard InChI is InChI=1S/C15H22O2S/c1-3-5-11-15(12-13(15)4-2)18(16,17)14-9-7-6-8-10-14/h6-10,13H,3-5,11-12H2,1-2H3. The zero-order chi connectivity index (χ0) is 13.2. The molecule has 0 amide bonds. The van der Waals surface area contributed by atoms with E-state index in [1.807, 2.05) is 18.2 Å². The van der Waals surface area contributed by atoms with Crippen molar-refractivity contribution in [2.75, 3.05) is 0 Å². The number of benzene rings is 1. The van der Waals surface area contributed by atoms with Crippen molar-refractivity contribution in [2.45, 2.75) is 55.6 Å². The van der Waals surface area contributed by atoms with Crippen LogP contribution in [0.3, 0.4) is 0 Å². The number of sulfone groups is 1. The van der Waals surface area contributed by atoms with Crippen molar-refractivity contribution >= 4 is 9.84 Å². The molecule has 0 aromatic heterocycles. The summed E-state index contributed by atoms with van der Waals surface area (Å²) in [5.41, 5.74) is 0. The first-order valence-electron chi connectivity index (χ1n) is 6.88. The number of hydrogen-bond acceptors (Lipinski definition) is 2. The van der Waals surface area contributed by atoms with E-state index in [1.54, 1.807) is 12.1 Å². The van der Waals surface area contributed by atoms with Crippen molar-refractivity contribution in [3.05, 3.63) is 30.3 Å². The topological polar surface area (TPSA) is 34.1 Å². The Bertz CT molecular complexity index is 492. The third-order valence-corrected chi connectivity index (χ3v) is 6.88. The first kappa shape index (κ1) is 13.6. The fourth-order valence-electron chi connectivity index (χ4n) is 2.95. The van der Waals surface area contributed by atoms with Crippen molar-refractivity contribution in [1.82, 2.24) is 0 Å². The molecule has 2 rings (SSSR count). The Morgan fingerprint density at radius 2 is 1.89 bits per heavy atom. The summed E-state index contributed by atoms with van der Waals surface area (Å²) in [5, 5.41) is 0. The van der Waals surface area contributed by atoms with Gasteiger partial charge in [-0.25, -0.2) is 8.42 Å². The summed E-state index contributed by atoms with van der Waals surface area (Å²) in [6, 6.07) is 8.94. The van der Waals surface area contributed by atoms with Crippen LogP contribution >= 0.6 is 0 Å². The van der Waals surface area contributed by atoms with Gasteiger partial charge in [0.1, 0.15) is 0 Å². The molecular weight excluding hydrogens is 244 g/mol. The summed E-state index contributed by atoms with van der Waals surface area (Å²) in [6.45, 7) is 4.21. The summed E-state index contributed by atoms with van der Waals surface area (Å²) in [6.07, 6.45) is 4.70. The molecular formula is C15H22O2S. The van der Waals surface area contributed by atoms with E-state index in [-0.39, 0.29) is 0 Å². The number of unbranched alkanes of at least 4 members (excludes halogenated alkanes) is 1. The maximum atomic E-state index is 12.8. The second kappa shape index (κ2) is 5.04. The summed E-state index contributed by atoms with van der Waals surface area (Å²) < 4.78 is 25.1. The highest BCUT2D eigenvalue weighted by Gasteiger charge is 2.61. The van der Waals surface area contributed by atoms with Crippen LogP contribution in [0.5, 0.6) is 0 Å². The van der Waals surface area contributed by atoms with Gasteiger partial charge in [0.25, 0.3) is 0 Å². The molecule has 2 atom stereocenters. The molecule has 1 aromatic rings. The molecule has 0 spiro atoms. The minimum absolute atomic E-state index is 0.356. The fraction of sp³-hybridized carbons (Fsp3) is 0.600. The molecule has 100 valence electrons. The monoisotopic (exact) mass is 266 g/mol. The first-order chi connectivity index (χ1) is 8.58. The average molecular weight is 266 g/mol. The van der Waals surface area contributed by atoms with Gasteiger partial charge in [0, 0.05) is 0 Å². The Kier molecular flexibility index (Phi) is 3.81. The Morgan fingerprint density at radius 3 is 2.39 bits per heavy atom. The zero-order valence-electron chi connectivity index (χ0n) is 11.2. The molecule has 0 heterocycles. The molecule has 0 saturated heterocycles. The molecule has 1 aliphatic carbocycles. The van der Waals surface area contributed by atoms with Gasteiger partial charge in [0.2, 0.25) is 0 Å². The van der Waals surface area contributed by atoms with Crippen molar-refractivity contribution in [3.63, 3.8) is 0 Å². The van der Waals surface area contributed by atoms with Crippen molar-refractivity contribution in [3.8, 4) is 0 Å². The smallest absolute Gasteiger partial charge is 0.184 e. The molecule has 0 radical (unpaired) electrons. The summed E-state index contributed by atoms with van der Waals surface area (Å²) in [4.78, 5) is 0.497. The van der Waals surface area contributed by atoms with Gasteiger partial charge >= 0.3 is 0 Å². The van der Waals surface area contributed by atoms with E-state index < -0.39 is 14.6 Å². The molecule has 0 aliphatic heterocycles. The number of hydrogen-bond donors (Lipinski definition) is 0. The molecule has 0 N–H and O–H groups in total. The van der Waals surface area contributed by atoms with Crippen LogP contribution in [-0.4, -0.2) is 13.2 Å². The van der Waals surface area contributed by atoms with Gasteiger partial charge < -0.3 is 0 Å². The van der Waals surface area contributed by atoms with Crippen molar-refractivity contribution < 1.29 is 8.42 Å². The van der Waals surface area contributed by atoms with E-state index in [9.17, 15) is 8.42 Å². The van der Waals surface area contributed by atoms with Gasteiger partial charge in [0.05, 0.1) is 9.64 Å². The normalized spacial score (nSPS) is 27.1. The van der Waals surface area contributed by atoms with Crippen LogP contribution in [0.4, 0.5) is 0 Å². The lowest BCUT2D eigenvalue weighted by Crippen LogP contribution is -2.26. The van der Waals surface area contributed by atoms with Gasteiger partial charge in [0.15, 0.2) is 9.84 Å². The molecule has 1 aromatic carbocycles. The van der Waals surface area contributed by atoms with Gasteiger partial charge in [-0.05, 0) is 30.9 Å². The Labute approximate surface area is 110 Å². The zero-order valence-corrected chi connectivity index (χ0v) is 12.0. The molecule has 2 unspecified atom stereocenters. The predicted molar refractivity (Wildman–Crippen MR) is 74.3 cm³/mol. The molecule has 2 nitrogen and oxygen atoms in total. The van der Waals surface area contributed by atoms with Crippen LogP contribution in [0.25, 0.3) is 0 Å². The molecule has 0 bridgehead atoms. The Morgan fingerprint density at radius 1 is 1.22 bits per heavy atom. The lowest BCUT2D eigenvalue weighted by atomic mass is 10.1. The summed E-state index contributed by atoms with van der Waals surface area (Å²) >= 11 is 0. The molecule has 1 fully saturated rings. The van der Waals surface area contributed by atoms with Crippen LogP contribution in [0, 0.1) is 5.92 Å². The van der Waals surface area contributed by atoms with E-state index in [0.29, 0.717) is 10.8 Å². The van der Waals surface area contributed by atoms with Gasteiger partial charge in [-0.3, -0.25) is 0 Å². The Hall–Kier alpha value is -0.830. The maximum absolute atomic E-state index is 12.8. The minimum Gasteiger partial charge on any atom is -0.223 e. The lowest BCUT2D eigenvalue weighted by molar-refractivity contribution is 0.539. The summed E-state index contributed by atoms with van der Waals surface area (Å²) in [5.74, 6) is 0.356. The van der Waals surface area contributed by atoms with E-state index in [0.717, 1.165) is 32.1 Å². The van der Waals surface area contributed by atoms with Crippen molar-refractivity contribution in [1.29, 1.82) is 0 Å². The van der Waals surface area contributed by atoms with E-state index >= 15 is 0 Å². The molecule has 1 aliphatic rings. The molecule has 18 heavy (non-hydrogen) atoms. The van der Waals surface area contributed by atoms with Crippen LogP contribution < -0.4 is 0 Å². The maximum Gasteiger partial charge on any atom is 0.184 e.